The summed E-state index contributed by atoms with van der Waals surface area (Å²) in [5, 5.41) is 19.8. The predicted octanol–water partition coefficient (Wildman–Crippen LogP) is 3.05. The number of non-ortho nitro benzene ring substituents is 1. The van der Waals surface area contributed by atoms with E-state index in [-0.39, 0.29) is 12.3 Å². The third-order valence-electron chi connectivity index (χ3n) is 2.82. The van der Waals surface area contributed by atoms with Crippen LogP contribution >= 0.6 is 0 Å². The van der Waals surface area contributed by atoms with Crippen molar-refractivity contribution in [2.24, 2.45) is 0 Å². The Labute approximate surface area is 121 Å². The molecule has 0 radical (unpaired) electrons. The van der Waals surface area contributed by atoms with Crippen molar-refractivity contribution < 1.29 is 14.4 Å². The number of methoxy groups -OCH3 is 1. The number of benzene rings is 2. The standard InChI is InChI=1S/C15H12N2O4/c1-20-14-7-3-5-12(9-16)15(14)21-10-11-4-2-6-13(8-11)17(18)19/h2-8H,10H2,1H3. The quantitative estimate of drug-likeness (QED) is 0.622. The summed E-state index contributed by atoms with van der Waals surface area (Å²) in [6.07, 6.45) is 0. The Morgan fingerprint density at radius 1 is 1.29 bits per heavy atom. The molecule has 2 aromatic rings. The number of nitrogens with zero attached hydrogens (tertiary/aromatic N) is 2. The lowest BCUT2D eigenvalue weighted by Gasteiger charge is -2.11. The summed E-state index contributed by atoms with van der Waals surface area (Å²) in [6.45, 7) is 0.108. The SMILES string of the molecule is COc1cccc(C#N)c1OCc1cccc([N+](=O)[O-])c1. The van der Waals surface area contributed by atoms with Gasteiger partial charge in [0.1, 0.15) is 12.7 Å². The van der Waals surface area contributed by atoms with Crippen molar-refractivity contribution >= 4 is 5.69 Å². The molecule has 6 heteroatoms. The number of ether oxygens (including phenoxy) is 2. The van der Waals surface area contributed by atoms with E-state index in [0.29, 0.717) is 22.6 Å². The minimum absolute atomic E-state index is 0.00312. The maximum Gasteiger partial charge on any atom is 0.269 e. The molecule has 2 rings (SSSR count). The lowest BCUT2D eigenvalue weighted by molar-refractivity contribution is -0.384. The average Bonchev–Trinajstić information content (AvgIpc) is 2.52. The lowest BCUT2D eigenvalue weighted by atomic mass is 10.2. The zero-order valence-corrected chi connectivity index (χ0v) is 11.3. The van der Waals surface area contributed by atoms with Crippen LogP contribution in [-0.4, -0.2) is 12.0 Å². The highest BCUT2D eigenvalue weighted by atomic mass is 16.6. The summed E-state index contributed by atoms with van der Waals surface area (Å²) in [5.41, 5.74) is 0.982. The van der Waals surface area contributed by atoms with Crippen LogP contribution in [0.25, 0.3) is 0 Å². The number of hydrogen-bond donors (Lipinski definition) is 0. The van der Waals surface area contributed by atoms with Gasteiger partial charge in [0.15, 0.2) is 11.5 Å². The maximum absolute atomic E-state index is 10.7. The van der Waals surface area contributed by atoms with Gasteiger partial charge < -0.3 is 9.47 Å². The molecule has 0 fully saturated rings. The summed E-state index contributed by atoms with van der Waals surface area (Å²) in [7, 11) is 1.48. The van der Waals surface area contributed by atoms with Crippen LogP contribution < -0.4 is 9.47 Å². The van der Waals surface area contributed by atoms with Gasteiger partial charge >= 0.3 is 0 Å². The van der Waals surface area contributed by atoms with Crippen LogP contribution in [0.4, 0.5) is 5.69 Å². The van der Waals surface area contributed by atoms with E-state index >= 15 is 0 Å². The van der Waals surface area contributed by atoms with Crippen LogP contribution in [0.5, 0.6) is 11.5 Å². The molecule has 0 aliphatic carbocycles. The molecule has 0 N–H and O–H groups in total. The van der Waals surface area contributed by atoms with Crippen molar-refractivity contribution in [2.75, 3.05) is 7.11 Å². The van der Waals surface area contributed by atoms with Crippen molar-refractivity contribution in [2.45, 2.75) is 6.61 Å². The maximum atomic E-state index is 10.7. The van der Waals surface area contributed by atoms with Gasteiger partial charge in [-0.25, -0.2) is 0 Å². The molecule has 0 aromatic heterocycles. The Morgan fingerprint density at radius 2 is 2.05 bits per heavy atom. The van der Waals surface area contributed by atoms with Gasteiger partial charge in [-0.05, 0) is 17.7 Å². The third kappa shape index (κ3) is 3.28. The molecule has 21 heavy (non-hydrogen) atoms. The molecule has 0 aliphatic rings. The second-order valence-electron chi connectivity index (χ2n) is 4.16. The van der Waals surface area contributed by atoms with Crippen molar-refractivity contribution in [3.05, 3.63) is 63.7 Å². The first-order valence-corrected chi connectivity index (χ1v) is 6.09. The molecular weight excluding hydrogens is 272 g/mol. The summed E-state index contributed by atoms with van der Waals surface area (Å²) in [4.78, 5) is 10.3. The molecular formula is C15H12N2O4. The van der Waals surface area contributed by atoms with Gasteiger partial charge in [0.2, 0.25) is 0 Å². The molecule has 0 unspecified atom stereocenters. The van der Waals surface area contributed by atoms with E-state index in [4.69, 9.17) is 14.7 Å². The minimum Gasteiger partial charge on any atom is -0.493 e. The van der Waals surface area contributed by atoms with Gasteiger partial charge in [0.25, 0.3) is 5.69 Å². The van der Waals surface area contributed by atoms with E-state index in [9.17, 15) is 10.1 Å². The zero-order valence-electron chi connectivity index (χ0n) is 11.3. The number of para-hydroxylation sites is 1. The second kappa shape index (κ2) is 6.39. The molecule has 0 heterocycles. The van der Waals surface area contributed by atoms with E-state index in [0.717, 1.165) is 0 Å². The van der Waals surface area contributed by atoms with Gasteiger partial charge in [-0.2, -0.15) is 5.26 Å². The third-order valence-corrected chi connectivity index (χ3v) is 2.82. The molecule has 0 aliphatic heterocycles. The van der Waals surface area contributed by atoms with Crippen molar-refractivity contribution in [3.8, 4) is 17.6 Å². The van der Waals surface area contributed by atoms with Crippen LogP contribution in [0.15, 0.2) is 42.5 Å². The number of nitro benzene ring substituents is 1. The van der Waals surface area contributed by atoms with E-state index in [1.807, 2.05) is 6.07 Å². The van der Waals surface area contributed by atoms with Crippen LogP contribution in [0.2, 0.25) is 0 Å². The van der Waals surface area contributed by atoms with E-state index in [2.05, 4.69) is 0 Å². The first-order chi connectivity index (χ1) is 10.2. The molecule has 0 saturated heterocycles. The van der Waals surface area contributed by atoms with Crippen LogP contribution in [0.1, 0.15) is 11.1 Å². The summed E-state index contributed by atoms with van der Waals surface area (Å²) in [5.74, 6) is 0.772. The fourth-order valence-electron chi connectivity index (χ4n) is 1.83. The zero-order chi connectivity index (χ0) is 15.2. The van der Waals surface area contributed by atoms with Gasteiger partial charge in [-0.1, -0.05) is 18.2 Å². The van der Waals surface area contributed by atoms with Crippen LogP contribution in [0, 0.1) is 21.4 Å². The molecule has 0 atom stereocenters. The van der Waals surface area contributed by atoms with E-state index < -0.39 is 4.92 Å². The molecule has 106 valence electrons. The number of rotatable bonds is 5. The van der Waals surface area contributed by atoms with Crippen molar-refractivity contribution in [1.82, 2.24) is 0 Å². The van der Waals surface area contributed by atoms with E-state index in [1.54, 1.807) is 30.3 Å². The van der Waals surface area contributed by atoms with Gasteiger partial charge in [0, 0.05) is 12.1 Å². The summed E-state index contributed by atoms with van der Waals surface area (Å²) < 4.78 is 10.8. The second-order valence-corrected chi connectivity index (χ2v) is 4.16. The molecule has 0 bridgehead atoms. The lowest BCUT2D eigenvalue weighted by Crippen LogP contribution is -2.00. The van der Waals surface area contributed by atoms with Gasteiger partial charge in [-0.3, -0.25) is 10.1 Å². The Hall–Kier alpha value is -3.07. The topological polar surface area (TPSA) is 85.4 Å². The fourth-order valence-corrected chi connectivity index (χ4v) is 1.83. The van der Waals surface area contributed by atoms with Gasteiger partial charge in [-0.15, -0.1) is 0 Å². The number of hydrogen-bond acceptors (Lipinski definition) is 5. The van der Waals surface area contributed by atoms with Crippen molar-refractivity contribution in [1.29, 1.82) is 5.26 Å². The normalized spacial score (nSPS) is 9.71. The first-order valence-electron chi connectivity index (χ1n) is 6.09. The molecule has 6 nitrogen and oxygen atoms in total. The highest BCUT2D eigenvalue weighted by molar-refractivity contribution is 5.52. The highest BCUT2D eigenvalue weighted by Crippen LogP contribution is 2.31. The smallest absolute Gasteiger partial charge is 0.269 e. The van der Waals surface area contributed by atoms with Crippen molar-refractivity contribution in [3.63, 3.8) is 0 Å². The molecule has 2 aromatic carbocycles. The Balaban J connectivity index is 2.22. The minimum atomic E-state index is -0.465. The average molecular weight is 284 g/mol. The molecule has 0 amide bonds. The largest absolute Gasteiger partial charge is 0.493 e. The fraction of sp³-hybridized carbons (Fsp3) is 0.133. The Kier molecular flexibility index (Phi) is 4.36. The monoisotopic (exact) mass is 284 g/mol. The summed E-state index contributed by atoms with van der Waals surface area (Å²) in [6, 6.07) is 13.2. The summed E-state index contributed by atoms with van der Waals surface area (Å²) >= 11 is 0. The number of nitriles is 1. The van der Waals surface area contributed by atoms with E-state index in [1.165, 1.54) is 19.2 Å². The predicted molar refractivity (Wildman–Crippen MR) is 75.1 cm³/mol. The van der Waals surface area contributed by atoms with Crippen LogP contribution in [0.3, 0.4) is 0 Å². The molecule has 0 saturated carbocycles. The Morgan fingerprint density at radius 3 is 2.71 bits per heavy atom. The van der Waals surface area contributed by atoms with Gasteiger partial charge in [0.05, 0.1) is 17.6 Å². The number of nitro groups is 1. The highest BCUT2D eigenvalue weighted by Gasteiger charge is 2.11. The first kappa shape index (κ1) is 14.3. The molecule has 0 spiro atoms. The van der Waals surface area contributed by atoms with Crippen LogP contribution in [-0.2, 0) is 6.61 Å². The Bertz CT molecular complexity index is 707.